The zero-order chi connectivity index (χ0) is 20.2. The third-order valence-corrected chi connectivity index (χ3v) is 4.92. The predicted octanol–water partition coefficient (Wildman–Crippen LogP) is 5.40. The number of nitriles is 1. The molecule has 0 aliphatic heterocycles. The molecule has 3 aromatic carbocycles. The van der Waals surface area contributed by atoms with Gasteiger partial charge in [0.1, 0.15) is 5.69 Å². The van der Waals surface area contributed by atoms with E-state index in [4.69, 9.17) is 4.74 Å². The van der Waals surface area contributed by atoms with Gasteiger partial charge in [-0.25, -0.2) is 4.79 Å². The molecule has 1 aromatic heterocycles. The Morgan fingerprint density at radius 2 is 1.69 bits per heavy atom. The summed E-state index contributed by atoms with van der Waals surface area (Å²) in [7, 11) is 0. The third-order valence-electron chi connectivity index (χ3n) is 4.92. The summed E-state index contributed by atoms with van der Waals surface area (Å²) in [5, 5.41) is 10.2. The Hall–Kier alpha value is -3.84. The van der Waals surface area contributed by atoms with Crippen molar-refractivity contribution in [2.45, 2.75) is 13.5 Å². The van der Waals surface area contributed by atoms with E-state index in [-0.39, 0.29) is 5.97 Å². The number of rotatable bonds is 5. The first-order valence-electron chi connectivity index (χ1n) is 9.54. The number of ether oxygens (including phenoxy) is 1. The van der Waals surface area contributed by atoms with Crippen LogP contribution in [0.5, 0.6) is 0 Å². The van der Waals surface area contributed by atoms with E-state index in [1.165, 1.54) is 0 Å². The van der Waals surface area contributed by atoms with Crippen molar-refractivity contribution in [1.82, 2.24) is 4.57 Å². The molecule has 29 heavy (non-hydrogen) atoms. The fourth-order valence-electron chi connectivity index (χ4n) is 3.48. The Kier molecular flexibility index (Phi) is 5.13. The summed E-state index contributed by atoms with van der Waals surface area (Å²) in [6.45, 7) is 2.62. The number of carbonyl (C=O) groups is 1. The molecule has 4 rings (SSSR count). The van der Waals surface area contributed by atoms with Gasteiger partial charge < -0.3 is 9.30 Å². The quantitative estimate of drug-likeness (QED) is 0.435. The van der Waals surface area contributed by atoms with Gasteiger partial charge in [0.2, 0.25) is 0 Å². The summed E-state index contributed by atoms with van der Waals surface area (Å²) in [6, 6.07) is 27.9. The van der Waals surface area contributed by atoms with Crippen LogP contribution in [0.3, 0.4) is 0 Å². The van der Waals surface area contributed by atoms with Crippen molar-refractivity contribution in [3.8, 4) is 17.2 Å². The van der Waals surface area contributed by atoms with Gasteiger partial charge in [-0.2, -0.15) is 5.26 Å². The average molecular weight is 380 g/mol. The summed E-state index contributed by atoms with van der Waals surface area (Å²) in [5.41, 5.74) is 5.27. The summed E-state index contributed by atoms with van der Waals surface area (Å²) >= 11 is 0. The van der Waals surface area contributed by atoms with E-state index in [0.717, 1.165) is 27.6 Å². The Morgan fingerprint density at radius 1 is 0.966 bits per heavy atom. The van der Waals surface area contributed by atoms with Crippen molar-refractivity contribution in [3.63, 3.8) is 0 Å². The van der Waals surface area contributed by atoms with Crippen molar-refractivity contribution in [1.29, 1.82) is 5.26 Å². The zero-order valence-corrected chi connectivity index (χ0v) is 16.1. The van der Waals surface area contributed by atoms with E-state index < -0.39 is 0 Å². The molecule has 142 valence electrons. The van der Waals surface area contributed by atoms with Crippen LogP contribution in [0.4, 0.5) is 0 Å². The monoisotopic (exact) mass is 380 g/mol. The molecule has 4 aromatic rings. The van der Waals surface area contributed by atoms with E-state index in [1.54, 1.807) is 13.0 Å². The minimum Gasteiger partial charge on any atom is -0.461 e. The summed E-state index contributed by atoms with van der Waals surface area (Å²) in [6.07, 6.45) is 0. The highest BCUT2D eigenvalue weighted by Gasteiger charge is 2.17. The van der Waals surface area contributed by atoms with E-state index in [2.05, 4.69) is 42.5 Å². The first-order chi connectivity index (χ1) is 14.2. The van der Waals surface area contributed by atoms with Crippen molar-refractivity contribution in [2.24, 2.45) is 0 Å². The van der Waals surface area contributed by atoms with Crippen LogP contribution in [-0.4, -0.2) is 17.1 Å². The second-order valence-corrected chi connectivity index (χ2v) is 6.78. The fraction of sp³-hybridized carbons (Fsp3) is 0.120. The van der Waals surface area contributed by atoms with Crippen molar-refractivity contribution in [3.05, 3.63) is 95.7 Å². The molecular weight excluding hydrogens is 360 g/mol. The number of hydrogen-bond donors (Lipinski definition) is 0. The van der Waals surface area contributed by atoms with E-state index in [1.807, 2.05) is 41.0 Å². The van der Waals surface area contributed by atoms with E-state index in [0.29, 0.717) is 24.4 Å². The van der Waals surface area contributed by atoms with Crippen molar-refractivity contribution in [2.75, 3.05) is 6.61 Å². The van der Waals surface area contributed by atoms with Gasteiger partial charge in [-0.05, 0) is 41.8 Å². The Morgan fingerprint density at radius 3 is 2.38 bits per heavy atom. The summed E-state index contributed by atoms with van der Waals surface area (Å²) < 4.78 is 7.17. The van der Waals surface area contributed by atoms with Crippen LogP contribution in [0, 0.1) is 11.3 Å². The molecule has 0 aliphatic carbocycles. The van der Waals surface area contributed by atoms with Gasteiger partial charge in [0.05, 0.1) is 23.8 Å². The van der Waals surface area contributed by atoms with Crippen LogP contribution in [0.25, 0.3) is 22.0 Å². The first kappa shape index (κ1) is 18.5. The standard InChI is InChI=1S/C25H20N2O2/c1-2-29-25(28)24-15-22-13-10-19(16-26)14-23(22)27(24)17-18-8-11-21(12-9-18)20-6-4-3-5-7-20/h3-15H,2,17H2,1H3. The smallest absolute Gasteiger partial charge is 0.354 e. The number of esters is 1. The number of fused-ring (bicyclic) bond motifs is 1. The predicted molar refractivity (Wildman–Crippen MR) is 114 cm³/mol. The Bertz CT molecular complexity index is 1200. The molecule has 0 spiro atoms. The number of hydrogen-bond acceptors (Lipinski definition) is 3. The van der Waals surface area contributed by atoms with Crippen LogP contribution in [0.15, 0.2) is 78.9 Å². The number of aromatic nitrogens is 1. The van der Waals surface area contributed by atoms with Crippen LogP contribution in [0.1, 0.15) is 28.5 Å². The molecule has 0 saturated heterocycles. The van der Waals surface area contributed by atoms with Crippen molar-refractivity contribution >= 4 is 16.9 Å². The maximum Gasteiger partial charge on any atom is 0.354 e. The van der Waals surface area contributed by atoms with E-state index >= 15 is 0 Å². The van der Waals surface area contributed by atoms with Crippen LogP contribution >= 0.6 is 0 Å². The van der Waals surface area contributed by atoms with Gasteiger partial charge >= 0.3 is 5.97 Å². The lowest BCUT2D eigenvalue weighted by Crippen LogP contribution is -2.12. The molecule has 0 radical (unpaired) electrons. The molecule has 0 amide bonds. The molecule has 1 heterocycles. The summed E-state index contributed by atoms with van der Waals surface area (Å²) in [5.74, 6) is -0.358. The van der Waals surface area contributed by atoms with Gasteiger partial charge in [0, 0.05) is 11.9 Å². The molecular formula is C25H20N2O2. The second-order valence-electron chi connectivity index (χ2n) is 6.78. The van der Waals surface area contributed by atoms with E-state index in [9.17, 15) is 10.1 Å². The first-order valence-corrected chi connectivity index (χ1v) is 9.54. The zero-order valence-electron chi connectivity index (χ0n) is 16.1. The number of carbonyl (C=O) groups excluding carboxylic acids is 1. The van der Waals surface area contributed by atoms with Crippen LogP contribution in [-0.2, 0) is 11.3 Å². The highest BCUT2D eigenvalue weighted by Crippen LogP contribution is 2.25. The minimum absolute atomic E-state index is 0.315. The number of benzene rings is 3. The fourth-order valence-corrected chi connectivity index (χ4v) is 3.48. The van der Waals surface area contributed by atoms with Crippen LogP contribution in [0.2, 0.25) is 0 Å². The largest absolute Gasteiger partial charge is 0.461 e. The van der Waals surface area contributed by atoms with Gasteiger partial charge in [0.15, 0.2) is 0 Å². The average Bonchev–Trinajstić information content (AvgIpc) is 3.12. The molecule has 0 unspecified atom stereocenters. The lowest BCUT2D eigenvalue weighted by atomic mass is 10.0. The van der Waals surface area contributed by atoms with Gasteiger partial charge in [-0.3, -0.25) is 0 Å². The SMILES string of the molecule is CCOC(=O)c1cc2ccc(C#N)cc2n1Cc1ccc(-c2ccccc2)cc1. The van der Waals surface area contributed by atoms with Crippen molar-refractivity contribution < 1.29 is 9.53 Å². The second kappa shape index (κ2) is 8.04. The molecule has 0 N–H and O–H groups in total. The lowest BCUT2D eigenvalue weighted by molar-refractivity contribution is 0.0515. The number of nitrogens with zero attached hydrogens (tertiary/aromatic N) is 2. The topological polar surface area (TPSA) is 55.0 Å². The molecule has 0 bridgehead atoms. The summed E-state index contributed by atoms with van der Waals surface area (Å²) in [4.78, 5) is 12.5. The van der Waals surface area contributed by atoms with Gasteiger partial charge in [-0.15, -0.1) is 0 Å². The normalized spacial score (nSPS) is 10.6. The Labute approximate surface area is 169 Å². The Balaban J connectivity index is 1.73. The molecule has 0 fully saturated rings. The highest BCUT2D eigenvalue weighted by atomic mass is 16.5. The maximum absolute atomic E-state index is 12.5. The molecule has 0 aliphatic rings. The maximum atomic E-state index is 12.5. The van der Waals surface area contributed by atoms with Crippen LogP contribution < -0.4 is 0 Å². The van der Waals surface area contributed by atoms with Gasteiger partial charge in [-0.1, -0.05) is 60.7 Å². The molecule has 4 heteroatoms. The third kappa shape index (κ3) is 3.76. The minimum atomic E-state index is -0.358. The molecule has 0 saturated carbocycles. The van der Waals surface area contributed by atoms with Gasteiger partial charge in [0.25, 0.3) is 0 Å². The lowest BCUT2D eigenvalue weighted by Gasteiger charge is -2.11. The highest BCUT2D eigenvalue weighted by molar-refractivity contribution is 5.96. The molecule has 4 nitrogen and oxygen atoms in total. The molecule has 0 atom stereocenters.